The van der Waals surface area contributed by atoms with Crippen molar-refractivity contribution in [2.24, 2.45) is 5.92 Å². The van der Waals surface area contributed by atoms with E-state index >= 15 is 0 Å². The molecule has 4 nitrogen and oxygen atoms in total. The molecule has 2 N–H and O–H groups in total. The van der Waals surface area contributed by atoms with E-state index in [1.54, 1.807) is 12.1 Å². The molecular formula is C22H31FN2O2. The van der Waals surface area contributed by atoms with Crippen LogP contribution in [-0.4, -0.2) is 40.6 Å². The summed E-state index contributed by atoms with van der Waals surface area (Å²) in [6.07, 6.45) is 8.02. The Balaban J connectivity index is 1.39. The highest BCUT2D eigenvalue weighted by Crippen LogP contribution is 2.45. The molecule has 3 aliphatic rings. The standard InChI is InChI=1S/C22H31FN2O2/c1-15-4-2-3-5-20(15)24-21(26)14-25-18-10-11-19(25)13-22(27,12-18)16-6-8-17(23)9-7-16/h6-9,15,18-20,27H,2-5,10-14H2,1H3,(H,24,26). The number of carbonyl (C=O) groups is 1. The van der Waals surface area contributed by atoms with Gasteiger partial charge in [0.2, 0.25) is 5.91 Å². The number of hydrogen-bond acceptors (Lipinski definition) is 3. The third-order valence-electron chi connectivity index (χ3n) is 7.08. The van der Waals surface area contributed by atoms with Gasteiger partial charge in [0, 0.05) is 18.1 Å². The Morgan fingerprint density at radius 1 is 1.15 bits per heavy atom. The van der Waals surface area contributed by atoms with Gasteiger partial charge in [0.15, 0.2) is 0 Å². The molecular weight excluding hydrogens is 343 g/mol. The predicted octanol–water partition coefficient (Wildman–Crippen LogP) is 3.34. The van der Waals surface area contributed by atoms with Gasteiger partial charge in [-0.2, -0.15) is 0 Å². The van der Waals surface area contributed by atoms with Crippen molar-refractivity contribution in [3.8, 4) is 0 Å². The molecule has 5 heteroatoms. The van der Waals surface area contributed by atoms with Gasteiger partial charge in [0.05, 0.1) is 12.1 Å². The molecule has 1 aliphatic carbocycles. The molecule has 4 atom stereocenters. The zero-order chi connectivity index (χ0) is 19.0. The van der Waals surface area contributed by atoms with Gasteiger partial charge in [-0.15, -0.1) is 0 Å². The highest BCUT2D eigenvalue weighted by Gasteiger charge is 2.48. The molecule has 1 amide bonds. The van der Waals surface area contributed by atoms with Crippen LogP contribution in [0.4, 0.5) is 4.39 Å². The van der Waals surface area contributed by atoms with Crippen molar-refractivity contribution < 1.29 is 14.3 Å². The number of nitrogens with one attached hydrogen (secondary N) is 1. The molecule has 1 saturated carbocycles. The van der Waals surface area contributed by atoms with E-state index in [9.17, 15) is 14.3 Å². The fourth-order valence-electron chi connectivity index (χ4n) is 5.52. The third kappa shape index (κ3) is 3.90. The summed E-state index contributed by atoms with van der Waals surface area (Å²) in [5.74, 6) is 0.401. The zero-order valence-electron chi connectivity index (χ0n) is 16.2. The summed E-state index contributed by atoms with van der Waals surface area (Å²) < 4.78 is 13.2. The average molecular weight is 375 g/mol. The molecule has 2 bridgehead atoms. The maximum absolute atomic E-state index is 13.2. The van der Waals surface area contributed by atoms with E-state index in [0.717, 1.165) is 24.8 Å². The van der Waals surface area contributed by atoms with Gasteiger partial charge in [-0.25, -0.2) is 4.39 Å². The van der Waals surface area contributed by atoms with Crippen LogP contribution in [0, 0.1) is 11.7 Å². The number of nitrogens with zero attached hydrogens (tertiary/aromatic N) is 1. The molecule has 0 aromatic heterocycles. The van der Waals surface area contributed by atoms with Crippen LogP contribution in [0.3, 0.4) is 0 Å². The Hall–Kier alpha value is -1.46. The van der Waals surface area contributed by atoms with Gasteiger partial charge < -0.3 is 10.4 Å². The third-order valence-corrected chi connectivity index (χ3v) is 7.08. The van der Waals surface area contributed by atoms with Crippen LogP contribution in [0.15, 0.2) is 24.3 Å². The van der Waals surface area contributed by atoms with Crippen LogP contribution in [-0.2, 0) is 10.4 Å². The second-order valence-electron chi connectivity index (χ2n) is 8.94. The number of piperidine rings is 1. The molecule has 4 rings (SSSR count). The van der Waals surface area contributed by atoms with Crippen molar-refractivity contribution in [1.29, 1.82) is 0 Å². The van der Waals surface area contributed by atoms with E-state index in [2.05, 4.69) is 17.1 Å². The number of rotatable bonds is 4. The molecule has 27 heavy (non-hydrogen) atoms. The highest BCUT2D eigenvalue weighted by atomic mass is 19.1. The molecule has 3 fully saturated rings. The van der Waals surface area contributed by atoms with Gasteiger partial charge >= 0.3 is 0 Å². The molecule has 4 unspecified atom stereocenters. The molecule has 2 saturated heterocycles. The molecule has 2 heterocycles. The summed E-state index contributed by atoms with van der Waals surface area (Å²) in [6.45, 7) is 2.66. The first kappa shape index (κ1) is 18.9. The Morgan fingerprint density at radius 3 is 2.41 bits per heavy atom. The molecule has 1 aromatic rings. The Labute approximate surface area is 161 Å². The van der Waals surface area contributed by atoms with Crippen molar-refractivity contribution >= 4 is 5.91 Å². The maximum atomic E-state index is 13.2. The predicted molar refractivity (Wildman–Crippen MR) is 103 cm³/mol. The number of benzene rings is 1. The van der Waals surface area contributed by atoms with E-state index in [1.165, 1.54) is 31.4 Å². The molecule has 0 spiro atoms. The van der Waals surface area contributed by atoms with Gasteiger partial charge in [-0.05, 0) is 62.1 Å². The number of fused-ring (bicyclic) bond motifs is 2. The Bertz CT molecular complexity index is 663. The number of hydrogen-bond donors (Lipinski definition) is 2. The van der Waals surface area contributed by atoms with Crippen molar-refractivity contribution in [1.82, 2.24) is 10.2 Å². The van der Waals surface area contributed by atoms with Crippen molar-refractivity contribution in [2.75, 3.05) is 6.54 Å². The fraction of sp³-hybridized carbons (Fsp3) is 0.682. The normalized spacial score (nSPS) is 36.6. The van der Waals surface area contributed by atoms with E-state index < -0.39 is 5.60 Å². The lowest BCUT2D eigenvalue weighted by molar-refractivity contribution is -0.127. The van der Waals surface area contributed by atoms with E-state index in [1.807, 2.05) is 0 Å². The SMILES string of the molecule is CC1CCCCC1NC(=O)CN1C2CCC1CC(O)(c1ccc(F)cc1)C2. The smallest absolute Gasteiger partial charge is 0.234 e. The number of aliphatic hydroxyl groups is 1. The minimum absolute atomic E-state index is 0.123. The first-order valence-corrected chi connectivity index (χ1v) is 10.5. The minimum Gasteiger partial charge on any atom is -0.385 e. The van der Waals surface area contributed by atoms with Crippen LogP contribution in [0.1, 0.15) is 63.9 Å². The van der Waals surface area contributed by atoms with E-state index in [0.29, 0.717) is 31.3 Å². The van der Waals surface area contributed by atoms with Gasteiger partial charge in [-0.3, -0.25) is 9.69 Å². The molecule has 1 aromatic carbocycles. The molecule has 2 aliphatic heterocycles. The zero-order valence-corrected chi connectivity index (χ0v) is 16.2. The number of amides is 1. The second-order valence-corrected chi connectivity index (χ2v) is 8.94. The van der Waals surface area contributed by atoms with E-state index in [-0.39, 0.29) is 23.8 Å². The van der Waals surface area contributed by atoms with E-state index in [4.69, 9.17) is 0 Å². The lowest BCUT2D eigenvalue weighted by Gasteiger charge is -2.44. The molecule has 0 radical (unpaired) electrons. The first-order chi connectivity index (χ1) is 12.9. The minimum atomic E-state index is -0.912. The first-order valence-electron chi connectivity index (χ1n) is 10.5. The van der Waals surface area contributed by atoms with Crippen LogP contribution in [0.2, 0.25) is 0 Å². The van der Waals surface area contributed by atoms with Gasteiger partial charge in [0.1, 0.15) is 5.82 Å². The summed E-state index contributed by atoms with van der Waals surface area (Å²) >= 11 is 0. The largest absolute Gasteiger partial charge is 0.385 e. The highest BCUT2D eigenvalue weighted by molar-refractivity contribution is 5.78. The number of carbonyl (C=O) groups excluding carboxylic acids is 1. The van der Waals surface area contributed by atoms with Crippen LogP contribution in [0.5, 0.6) is 0 Å². The fourth-order valence-corrected chi connectivity index (χ4v) is 5.52. The number of halogens is 1. The summed E-state index contributed by atoms with van der Waals surface area (Å²) in [6, 6.07) is 6.97. The van der Waals surface area contributed by atoms with Crippen LogP contribution in [0.25, 0.3) is 0 Å². The summed E-state index contributed by atoms with van der Waals surface area (Å²) in [5.41, 5.74) is -0.120. The van der Waals surface area contributed by atoms with Crippen molar-refractivity contribution in [3.05, 3.63) is 35.6 Å². The molecule has 148 valence electrons. The Kier molecular flexibility index (Phi) is 5.26. The monoisotopic (exact) mass is 374 g/mol. The van der Waals surface area contributed by atoms with Crippen LogP contribution >= 0.6 is 0 Å². The van der Waals surface area contributed by atoms with Crippen LogP contribution < -0.4 is 5.32 Å². The lowest BCUT2D eigenvalue weighted by atomic mass is 9.80. The quantitative estimate of drug-likeness (QED) is 0.850. The summed E-state index contributed by atoms with van der Waals surface area (Å²) in [5, 5.41) is 14.5. The Morgan fingerprint density at radius 2 is 1.78 bits per heavy atom. The van der Waals surface area contributed by atoms with Crippen molar-refractivity contribution in [2.45, 2.75) is 82.0 Å². The van der Waals surface area contributed by atoms with Gasteiger partial charge in [-0.1, -0.05) is 31.9 Å². The topological polar surface area (TPSA) is 52.6 Å². The summed E-state index contributed by atoms with van der Waals surface area (Å²) in [7, 11) is 0. The lowest BCUT2D eigenvalue weighted by Crippen LogP contribution is -2.53. The summed E-state index contributed by atoms with van der Waals surface area (Å²) in [4.78, 5) is 14.9. The van der Waals surface area contributed by atoms with Crippen molar-refractivity contribution in [3.63, 3.8) is 0 Å². The van der Waals surface area contributed by atoms with Gasteiger partial charge in [0.25, 0.3) is 0 Å². The second kappa shape index (κ2) is 7.51. The average Bonchev–Trinajstić information content (AvgIpc) is 2.87. The maximum Gasteiger partial charge on any atom is 0.234 e.